The fourth-order valence-corrected chi connectivity index (χ4v) is 3.40. The maximum Gasteiger partial charge on any atom is 0.416 e. The van der Waals surface area contributed by atoms with Crippen LogP contribution in [0.15, 0.2) is 47.5 Å². The second kappa shape index (κ2) is 7.82. The number of alkyl halides is 3. The summed E-state index contributed by atoms with van der Waals surface area (Å²) in [4.78, 5) is 19.8. The normalized spacial score (nSPS) is 15.5. The van der Waals surface area contributed by atoms with E-state index in [0.717, 1.165) is 10.7 Å². The van der Waals surface area contributed by atoms with Gasteiger partial charge >= 0.3 is 12.2 Å². The highest BCUT2D eigenvalue weighted by Gasteiger charge is 2.34. The largest absolute Gasteiger partial charge is 0.445 e. The van der Waals surface area contributed by atoms with E-state index in [1.807, 2.05) is 4.90 Å². The highest BCUT2D eigenvalue weighted by atomic mass is 19.4. The molecule has 4 rings (SSSR count). The number of amides is 1. The number of rotatable bonds is 3. The summed E-state index contributed by atoms with van der Waals surface area (Å²) in [5, 5.41) is 3.89. The van der Waals surface area contributed by atoms with Gasteiger partial charge in [-0.1, -0.05) is 6.07 Å². The van der Waals surface area contributed by atoms with Gasteiger partial charge in [-0.25, -0.2) is 9.78 Å². The van der Waals surface area contributed by atoms with Gasteiger partial charge in [0.15, 0.2) is 0 Å². The van der Waals surface area contributed by atoms with Gasteiger partial charge in [-0.3, -0.25) is 4.90 Å². The van der Waals surface area contributed by atoms with E-state index in [9.17, 15) is 18.0 Å². The second-order valence-electron chi connectivity index (χ2n) is 6.97. The van der Waals surface area contributed by atoms with Crippen LogP contribution in [0.5, 0.6) is 0 Å². The highest BCUT2D eigenvalue weighted by molar-refractivity contribution is 5.76. The molecular formula is C19H19F3N6O2. The van der Waals surface area contributed by atoms with Crippen LogP contribution in [0, 0.1) is 0 Å². The molecule has 0 atom stereocenters. The lowest BCUT2D eigenvalue weighted by molar-refractivity contribution is -0.138. The van der Waals surface area contributed by atoms with Crippen molar-refractivity contribution in [1.82, 2.24) is 24.6 Å². The third-order valence-corrected chi connectivity index (χ3v) is 4.93. The van der Waals surface area contributed by atoms with Crippen molar-refractivity contribution in [3.8, 4) is 11.5 Å². The van der Waals surface area contributed by atoms with Crippen molar-refractivity contribution in [2.24, 2.45) is 0 Å². The maximum absolute atomic E-state index is 13.6. The van der Waals surface area contributed by atoms with E-state index >= 15 is 0 Å². The Balaban J connectivity index is 1.45. The molecule has 1 aromatic carbocycles. The van der Waals surface area contributed by atoms with Gasteiger partial charge in [0.05, 0.1) is 29.8 Å². The monoisotopic (exact) mass is 420 g/mol. The summed E-state index contributed by atoms with van der Waals surface area (Å²) in [6.45, 7) is 1.78. The zero-order valence-corrected chi connectivity index (χ0v) is 15.8. The van der Waals surface area contributed by atoms with Crippen molar-refractivity contribution in [3.63, 3.8) is 0 Å². The van der Waals surface area contributed by atoms with Gasteiger partial charge in [0.1, 0.15) is 6.26 Å². The number of oxazole rings is 1. The summed E-state index contributed by atoms with van der Waals surface area (Å²) in [7, 11) is 0. The number of hydrogen-bond donors (Lipinski definition) is 1. The third kappa shape index (κ3) is 4.15. The average Bonchev–Trinajstić information content (AvgIpc) is 3.39. The van der Waals surface area contributed by atoms with Gasteiger partial charge < -0.3 is 15.1 Å². The van der Waals surface area contributed by atoms with E-state index in [1.54, 1.807) is 11.0 Å². The summed E-state index contributed by atoms with van der Waals surface area (Å²) in [6, 6.07) is 3.77. The van der Waals surface area contributed by atoms with Crippen LogP contribution >= 0.6 is 0 Å². The van der Waals surface area contributed by atoms with Gasteiger partial charge in [0.25, 0.3) is 0 Å². The molecule has 1 fully saturated rings. The van der Waals surface area contributed by atoms with E-state index in [-0.39, 0.29) is 29.6 Å². The van der Waals surface area contributed by atoms with Crippen LogP contribution in [-0.4, -0.2) is 56.8 Å². The molecule has 1 aliphatic heterocycles. The van der Waals surface area contributed by atoms with Crippen LogP contribution in [0.1, 0.15) is 11.1 Å². The highest BCUT2D eigenvalue weighted by Crippen LogP contribution is 2.35. The predicted octanol–water partition coefficient (Wildman–Crippen LogP) is 2.93. The number of nitrogens with two attached hydrogens (primary N) is 1. The van der Waals surface area contributed by atoms with Crippen molar-refractivity contribution in [1.29, 1.82) is 0 Å². The van der Waals surface area contributed by atoms with E-state index in [4.69, 9.17) is 10.2 Å². The molecule has 2 aromatic heterocycles. The Morgan fingerprint density at radius 1 is 1.20 bits per heavy atom. The minimum absolute atomic E-state index is 0.122. The minimum atomic E-state index is -4.50. The Bertz CT molecular complexity index is 1020. The molecule has 0 aliphatic carbocycles. The second-order valence-corrected chi connectivity index (χ2v) is 6.97. The van der Waals surface area contributed by atoms with Gasteiger partial charge in [-0.2, -0.15) is 23.0 Å². The first-order valence-corrected chi connectivity index (χ1v) is 9.23. The van der Waals surface area contributed by atoms with E-state index in [1.165, 1.54) is 30.9 Å². The molecule has 2 N–H and O–H groups in total. The number of carbonyl (C=O) groups is 1. The lowest BCUT2D eigenvalue weighted by Gasteiger charge is -2.34. The molecule has 1 saturated heterocycles. The predicted molar refractivity (Wildman–Crippen MR) is 101 cm³/mol. The summed E-state index contributed by atoms with van der Waals surface area (Å²) < 4.78 is 47.2. The van der Waals surface area contributed by atoms with Crippen molar-refractivity contribution < 1.29 is 22.4 Å². The lowest BCUT2D eigenvalue weighted by atomic mass is 10.0. The van der Waals surface area contributed by atoms with Gasteiger partial charge in [0.2, 0.25) is 5.89 Å². The molecule has 8 nitrogen and oxygen atoms in total. The van der Waals surface area contributed by atoms with Crippen LogP contribution in [0.25, 0.3) is 11.5 Å². The smallest absolute Gasteiger partial charge is 0.416 e. The standard InChI is InChI=1S/C19H19F3N6O2/c20-19(21,22)16-9-13(17-24-3-8-30-17)1-2-14(16)11-26-4-6-27(7-5-26)18(29)28-12-15(23)10-25-28/h1-3,8-10,12H,4-7,11,23H2. The summed E-state index contributed by atoms with van der Waals surface area (Å²) in [6.07, 6.45) is 1.01. The van der Waals surface area contributed by atoms with Crippen LogP contribution in [0.4, 0.5) is 23.7 Å². The molecule has 30 heavy (non-hydrogen) atoms. The Morgan fingerprint density at radius 3 is 2.57 bits per heavy atom. The Kier molecular flexibility index (Phi) is 5.20. The molecule has 0 saturated carbocycles. The molecule has 0 bridgehead atoms. The van der Waals surface area contributed by atoms with Gasteiger partial charge in [-0.15, -0.1) is 0 Å². The number of aromatic nitrogens is 3. The Labute approximate surface area is 169 Å². The van der Waals surface area contributed by atoms with Crippen LogP contribution in [0.3, 0.4) is 0 Å². The summed E-state index contributed by atoms with van der Waals surface area (Å²) >= 11 is 0. The van der Waals surface area contributed by atoms with E-state index < -0.39 is 11.7 Å². The number of nitrogens with zero attached hydrogens (tertiary/aromatic N) is 5. The number of carbonyl (C=O) groups excluding carboxylic acids is 1. The van der Waals surface area contributed by atoms with Crippen LogP contribution < -0.4 is 5.73 Å². The van der Waals surface area contributed by atoms with Crippen molar-refractivity contribution in [2.75, 3.05) is 31.9 Å². The van der Waals surface area contributed by atoms with E-state index in [2.05, 4.69) is 10.1 Å². The SMILES string of the molecule is Nc1cnn(C(=O)N2CCN(Cc3ccc(-c4ncco4)cc3C(F)(F)F)CC2)c1. The minimum Gasteiger partial charge on any atom is -0.445 e. The lowest BCUT2D eigenvalue weighted by Crippen LogP contribution is -2.49. The number of hydrogen-bond acceptors (Lipinski definition) is 6. The zero-order valence-electron chi connectivity index (χ0n) is 15.8. The van der Waals surface area contributed by atoms with E-state index in [0.29, 0.717) is 31.9 Å². The fourth-order valence-electron chi connectivity index (χ4n) is 3.40. The van der Waals surface area contributed by atoms with Gasteiger partial charge in [0, 0.05) is 38.3 Å². The first kappa shape index (κ1) is 20.0. The Morgan fingerprint density at radius 2 is 1.97 bits per heavy atom. The molecule has 0 spiro atoms. The number of halogens is 3. The van der Waals surface area contributed by atoms with Crippen LogP contribution in [0.2, 0.25) is 0 Å². The third-order valence-electron chi connectivity index (χ3n) is 4.93. The first-order chi connectivity index (χ1) is 14.3. The molecule has 3 aromatic rings. The topological polar surface area (TPSA) is 93.4 Å². The first-order valence-electron chi connectivity index (χ1n) is 9.23. The Hall–Kier alpha value is -3.34. The number of anilines is 1. The molecule has 158 valence electrons. The van der Waals surface area contributed by atoms with Crippen molar-refractivity contribution in [2.45, 2.75) is 12.7 Å². The van der Waals surface area contributed by atoms with Crippen molar-refractivity contribution in [3.05, 3.63) is 54.2 Å². The number of benzene rings is 1. The van der Waals surface area contributed by atoms with Crippen LogP contribution in [-0.2, 0) is 12.7 Å². The average molecular weight is 420 g/mol. The molecule has 0 unspecified atom stereocenters. The molecular weight excluding hydrogens is 401 g/mol. The zero-order chi connectivity index (χ0) is 21.3. The molecule has 1 amide bonds. The fraction of sp³-hybridized carbons (Fsp3) is 0.316. The molecule has 11 heteroatoms. The van der Waals surface area contributed by atoms with Crippen molar-refractivity contribution >= 4 is 11.7 Å². The summed E-state index contributed by atoms with van der Waals surface area (Å²) in [5.74, 6) is 0.137. The molecule has 0 radical (unpaired) electrons. The summed E-state index contributed by atoms with van der Waals surface area (Å²) in [5.41, 5.74) is 5.68. The quantitative estimate of drug-likeness (QED) is 0.700. The number of piperazine rings is 1. The maximum atomic E-state index is 13.6. The van der Waals surface area contributed by atoms with Gasteiger partial charge in [-0.05, 0) is 17.7 Å². The molecule has 1 aliphatic rings. The molecule has 3 heterocycles. The number of nitrogen functional groups attached to an aromatic ring is 1.